The lowest BCUT2D eigenvalue weighted by Crippen LogP contribution is -2.41. The molecule has 0 aromatic heterocycles. The zero-order chi connectivity index (χ0) is 21.7. The molecule has 2 aromatic rings. The van der Waals surface area contributed by atoms with Crippen molar-refractivity contribution in [3.05, 3.63) is 71.8 Å². The van der Waals surface area contributed by atoms with Crippen LogP contribution >= 0.6 is 0 Å². The second-order valence-electron chi connectivity index (χ2n) is 6.53. The molecule has 1 heterocycles. The van der Waals surface area contributed by atoms with Crippen molar-refractivity contribution < 1.29 is 41.5 Å². The largest absolute Gasteiger partial charge is 0.459 e. The Bertz CT molecular complexity index is 976. The lowest BCUT2D eigenvalue weighted by atomic mass is 10.1. The third-order valence-electron chi connectivity index (χ3n) is 4.21. The van der Waals surface area contributed by atoms with Crippen LogP contribution in [-0.2, 0) is 28.5 Å². The van der Waals surface area contributed by atoms with Crippen LogP contribution in [0.25, 0.3) is 0 Å². The Hall–Kier alpha value is -2.79. The van der Waals surface area contributed by atoms with Crippen LogP contribution in [0.5, 0.6) is 0 Å². The molecule has 1 aliphatic heterocycles. The smallest absolute Gasteiger partial charge is 0.338 e. The number of hydrogen-bond acceptors (Lipinski definition) is 9. The second kappa shape index (κ2) is 9.35. The van der Waals surface area contributed by atoms with Crippen LogP contribution in [0.15, 0.2) is 60.7 Å². The van der Waals surface area contributed by atoms with E-state index in [2.05, 4.69) is 0 Å². The number of benzene rings is 2. The quantitative estimate of drug-likeness (QED) is 0.502. The Balaban J connectivity index is 1.75. The molecule has 0 aliphatic carbocycles. The maximum Gasteiger partial charge on any atom is 0.338 e. The molecule has 30 heavy (non-hydrogen) atoms. The van der Waals surface area contributed by atoms with Gasteiger partial charge in [0, 0.05) is 0 Å². The molecule has 160 valence electrons. The standard InChI is InChI=1S/C20H20O9S/c1-30(24,25)29-17-16(28-19(22)14-10-6-3-7-11-14)15(27-20(17)23)12-26-18(21)13-8-4-2-5-9-13/h2-11,15-17,20,23H,12H2,1H3/t15-,16-,17-,20-/m1/s1. The molecule has 0 radical (unpaired) electrons. The van der Waals surface area contributed by atoms with Crippen molar-refractivity contribution in [2.45, 2.75) is 24.6 Å². The average molecular weight is 436 g/mol. The van der Waals surface area contributed by atoms with Gasteiger partial charge >= 0.3 is 11.9 Å². The van der Waals surface area contributed by atoms with E-state index in [-0.39, 0.29) is 11.1 Å². The predicted octanol–water partition coefficient (Wildman–Crippen LogP) is 1.13. The van der Waals surface area contributed by atoms with Gasteiger partial charge in [0.25, 0.3) is 10.1 Å². The van der Waals surface area contributed by atoms with Crippen LogP contribution < -0.4 is 0 Å². The summed E-state index contributed by atoms with van der Waals surface area (Å²) in [6.07, 6.45) is -4.93. The Labute approximate surface area is 173 Å². The summed E-state index contributed by atoms with van der Waals surface area (Å²) in [5.74, 6) is -1.44. The van der Waals surface area contributed by atoms with Crippen molar-refractivity contribution in [1.29, 1.82) is 0 Å². The van der Waals surface area contributed by atoms with Crippen molar-refractivity contribution in [2.75, 3.05) is 12.9 Å². The molecule has 0 amide bonds. The molecule has 2 aromatic carbocycles. The van der Waals surface area contributed by atoms with Crippen molar-refractivity contribution >= 4 is 22.1 Å². The van der Waals surface area contributed by atoms with Crippen LogP contribution in [0, 0.1) is 0 Å². The number of aliphatic hydroxyl groups is 1. The molecular weight excluding hydrogens is 416 g/mol. The lowest BCUT2D eigenvalue weighted by molar-refractivity contribution is -0.128. The fourth-order valence-electron chi connectivity index (χ4n) is 2.87. The highest BCUT2D eigenvalue weighted by Crippen LogP contribution is 2.28. The summed E-state index contributed by atoms with van der Waals surface area (Å²) in [5.41, 5.74) is 0.495. The van der Waals surface area contributed by atoms with Gasteiger partial charge in [0.2, 0.25) is 0 Å². The molecule has 10 heteroatoms. The van der Waals surface area contributed by atoms with E-state index < -0.39 is 53.3 Å². The normalized spacial score (nSPS) is 23.7. The minimum atomic E-state index is -4.01. The number of esters is 2. The van der Waals surface area contributed by atoms with Gasteiger partial charge in [0.15, 0.2) is 18.5 Å². The summed E-state index contributed by atoms with van der Waals surface area (Å²) >= 11 is 0. The van der Waals surface area contributed by atoms with E-state index in [1.807, 2.05) is 0 Å². The van der Waals surface area contributed by atoms with Gasteiger partial charge in [-0.05, 0) is 24.3 Å². The van der Waals surface area contributed by atoms with Crippen LogP contribution in [0.2, 0.25) is 0 Å². The van der Waals surface area contributed by atoms with Crippen LogP contribution in [0.1, 0.15) is 20.7 Å². The number of rotatable bonds is 7. The van der Waals surface area contributed by atoms with Crippen LogP contribution in [-0.4, -0.2) is 62.9 Å². The molecule has 9 nitrogen and oxygen atoms in total. The van der Waals surface area contributed by atoms with Gasteiger partial charge in [-0.3, -0.25) is 4.18 Å². The average Bonchev–Trinajstić information content (AvgIpc) is 3.00. The van der Waals surface area contributed by atoms with Crippen LogP contribution in [0.4, 0.5) is 0 Å². The van der Waals surface area contributed by atoms with Crippen LogP contribution in [0.3, 0.4) is 0 Å². The van der Waals surface area contributed by atoms with Gasteiger partial charge < -0.3 is 19.3 Å². The molecule has 1 aliphatic rings. The fourth-order valence-corrected chi connectivity index (χ4v) is 3.48. The molecule has 3 rings (SSSR count). The molecule has 0 saturated carbocycles. The van der Waals surface area contributed by atoms with Gasteiger partial charge in [-0.1, -0.05) is 36.4 Å². The monoisotopic (exact) mass is 436 g/mol. The molecule has 1 fully saturated rings. The molecule has 0 spiro atoms. The van der Waals surface area contributed by atoms with E-state index in [1.165, 1.54) is 12.1 Å². The van der Waals surface area contributed by atoms with Crippen molar-refractivity contribution in [3.8, 4) is 0 Å². The first kappa shape index (κ1) is 21.9. The molecule has 0 bridgehead atoms. The van der Waals surface area contributed by atoms with E-state index in [4.69, 9.17) is 18.4 Å². The predicted molar refractivity (Wildman–Crippen MR) is 103 cm³/mol. The van der Waals surface area contributed by atoms with Crippen molar-refractivity contribution in [1.82, 2.24) is 0 Å². The highest BCUT2D eigenvalue weighted by atomic mass is 32.2. The molecule has 1 N–H and O–H groups in total. The highest BCUT2D eigenvalue weighted by Gasteiger charge is 2.49. The zero-order valence-corrected chi connectivity index (χ0v) is 16.7. The van der Waals surface area contributed by atoms with Crippen molar-refractivity contribution in [3.63, 3.8) is 0 Å². The Morgan fingerprint density at radius 2 is 1.47 bits per heavy atom. The van der Waals surface area contributed by atoms with E-state index in [0.29, 0.717) is 0 Å². The summed E-state index contributed by atoms with van der Waals surface area (Å²) in [5, 5.41) is 10.1. The van der Waals surface area contributed by atoms with E-state index >= 15 is 0 Å². The summed E-state index contributed by atoms with van der Waals surface area (Å²) in [6, 6.07) is 16.1. The van der Waals surface area contributed by atoms with E-state index in [0.717, 1.165) is 6.26 Å². The van der Waals surface area contributed by atoms with Gasteiger partial charge in [-0.15, -0.1) is 0 Å². The van der Waals surface area contributed by atoms with E-state index in [1.54, 1.807) is 48.5 Å². The summed E-state index contributed by atoms with van der Waals surface area (Å²) < 4.78 is 43.8. The maximum atomic E-state index is 12.5. The van der Waals surface area contributed by atoms with Gasteiger partial charge in [0.1, 0.15) is 12.7 Å². The Kier molecular flexibility index (Phi) is 6.83. The highest BCUT2D eigenvalue weighted by molar-refractivity contribution is 7.86. The number of aliphatic hydroxyl groups excluding tert-OH is 1. The first-order chi connectivity index (χ1) is 14.2. The fraction of sp³-hybridized carbons (Fsp3) is 0.300. The van der Waals surface area contributed by atoms with Gasteiger partial charge in [-0.25, -0.2) is 9.59 Å². The Morgan fingerprint density at radius 3 is 2.00 bits per heavy atom. The molecule has 4 atom stereocenters. The SMILES string of the molecule is CS(=O)(=O)O[C@@H]1[C@H](OC(=O)c2ccccc2)[C@@H](COC(=O)c2ccccc2)O[C@H]1O. The molecule has 1 saturated heterocycles. The number of carbonyl (C=O) groups excluding carboxylic acids is 2. The molecular formula is C20H20O9S. The third kappa shape index (κ3) is 5.63. The minimum absolute atomic E-state index is 0.206. The summed E-state index contributed by atoms with van der Waals surface area (Å²) in [7, 11) is -4.01. The van der Waals surface area contributed by atoms with E-state index in [9.17, 15) is 23.1 Å². The topological polar surface area (TPSA) is 125 Å². The minimum Gasteiger partial charge on any atom is -0.459 e. The lowest BCUT2D eigenvalue weighted by Gasteiger charge is -2.22. The number of ether oxygens (including phenoxy) is 3. The zero-order valence-electron chi connectivity index (χ0n) is 15.9. The third-order valence-corrected chi connectivity index (χ3v) is 4.78. The number of hydrogen-bond donors (Lipinski definition) is 1. The second-order valence-corrected chi connectivity index (χ2v) is 8.13. The Morgan fingerprint density at radius 1 is 0.933 bits per heavy atom. The van der Waals surface area contributed by atoms with Gasteiger partial charge in [0.05, 0.1) is 17.4 Å². The first-order valence-corrected chi connectivity index (χ1v) is 10.8. The molecule has 0 unspecified atom stereocenters. The summed E-state index contributed by atoms with van der Waals surface area (Å²) in [6.45, 7) is -0.402. The van der Waals surface area contributed by atoms with Gasteiger partial charge in [-0.2, -0.15) is 8.42 Å². The van der Waals surface area contributed by atoms with Crippen molar-refractivity contribution in [2.24, 2.45) is 0 Å². The number of carbonyl (C=O) groups is 2. The maximum absolute atomic E-state index is 12.5. The summed E-state index contributed by atoms with van der Waals surface area (Å²) in [4.78, 5) is 24.6. The first-order valence-electron chi connectivity index (χ1n) is 8.94.